The minimum atomic E-state index is -0.0184. The highest BCUT2D eigenvalue weighted by molar-refractivity contribution is 7.99. The Morgan fingerprint density at radius 3 is 2.82 bits per heavy atom. The van der Waals surface area contributed by atoms with Crippen molar-refractivity contribution in [2.75, 3.05) is 11.1 Å². The minimum Gasteiger partial charge on any atom is -0.310 e. The van der Waals surface area contributed by atoms with E-state index in [1.807, 2.05) is 18.2 Å². The van der Waals surface area contributed by atoms with Crippen LogP contribution in [-0.2, 0) is 10.5 Å². The summed E-state index contributed by atoms with van der Waals surface area (Å²) in [7, 11) is 0. The zero-order valence-electron chi connectivity index (χ0n) is 9.22. The molecule has 17 heavy (non-hydrogen) atoms. The normalized spacial score (nSPS) is 10.1. The van der Waals surface area contributed by atoms with Crippen LogP contribution in [0.25, 0.3) is 0 Å². The van der Waals surface area contributed by atoms with Gasteiger partial charge in [0.1, 0.15) is 5.82 Å². The van der Waals surface area contributed by atoms with Crippen molar-refractivity contribution in [3.05, 3.63) is 48.2 Å². The summed E-state index contributed by atoms with van der Waals surface area (Å²) in [5.74, 6) is 1.90. The number of amides is 1. The van der Waals surface area contributed by atoms with Crippen LogP contribution in [0.2, 0.25) is 0 Å². The summed E-state index contributed by atoms with van der Waals surface area (Å²) in [5, 5.41) is 9.17. The van der Waals surface area contributed by atoms with Crippen LogP contribution in [-0.4, -0.2) is 21.9 Å². The first-order valence-corrected chi connectivity index (χ1v) is 6.41. The molecule has 0 unspecified atom stereocenters. The highest BCUT2D eigenvalue weighted by Gasteiger charge is 2.03. The maximum absolute atomic E-state index is 11.5. The number of carbonyl (C=O) groups is 1. The third kappa shape index (κ3) is 3.96. The van der Waals surface area contributed by atoms with Crippen LogP contribution < -0.4 is 5.32 Å². The number of hydrogen-bond acceptors (Lipinski definition) is 3. The van der Waals surface area contributed by atoms with Crippen molar-refractivity contribution in [3.63, 3.8) is 0 Å². The molecule has 2 aromatic rings. The number of anilines is 1. The number of H-pyrrole nitrogens is 1. The molecule has 1 aromatic carbocycles. The molecule has 0 aliphatic heterocycles. The quantitative estimate of drug-likeness (QED) is 0.852. The summed E-state index contributed by atoms with van der Waals surface area (Å²) < 4.78 is 0. The second-order valence-corrected chi connectivity index (χ2v) is 4.48. The maximum Gasteiger partial charge on any atom is 0.235 e. The molecule has 0 saturated heterocycles. The van der Waals surface area contributed by atoms with Gasteiger partial charge in [-0.15, -0.1) is 11.8 Å². The molecule has 1 amide bonds. The Kier molecular flexibility index (Phi) is 4.21. The number of nitrogens with one attached hydrogen (secondary N) is 2. The van der Waals surface area contributed by atoms with E-state index in [1.165, 1.54) is 5.56 Å². The van der Waals surface area contributed by atoms with Gasteiger partial charge in [0.15, 0.2) is 0 Å². The summed E-state index contributed by atoms with van der Waals surface area (Å²) >= 11 is 1.59. The standard InChI is InChI=1S/C12H13N3OS/c16-12(14-11-6-7-13-15-11)9-17-8-10-4-2-1-3-5-10/h1-7H,8-9H2,(H2,13,14,15,16). The number of aromatic amines is 1. The number of rotatable bonds is 5. The van der Waals surface area contributed by atoms with Gasteiger partial charge in [0.05, 0.1) is 11.9 Å². The Hall–Kier alpha value is -1.75. The van der Waals surface area contributed by atoms with E-state index in [9.17, 15) is 4.79 Å². The molecule has 1 heterocycles. The van der Waals surface area contributed by atoms with Crippen LogP contribution in [0.1, 0.15) is 5.56 Å². The summed E-state index contributed by atoms with van der Waals surface area (Å²) in [6, 6.07) is 11.8. The van der Waals surface area contributed by atoms with Gasteiger partial charge in [-0.2, -0.15) is 5.10 Å². The summed E-state index contributed by atoms with van der Waals surface area (Å²) in [4.78, 5) is 11.5. The largest absolute Gasteiger partial charge is 0.310 e. The Morgan fingerprint density at radius 1 is 1.29 bits per heavy atom. The van der Waals surface area contributed by atoms with Crippen LogP contribution in [0.5, 0.6) is 0 Å². The average Bonchev–Trinajstić information content (AvgIpc) is 2.83. The molecule has 4 nitrogen and oxygen atoms in total. The molecule has 0 fully saturated rings. The van der Waals surface area contributed by atoms with Crippen LogP contribution in [0.4, 0.5) is 5.82 Å². The van der Waals surface area contributed by atoms with Crippen LogP contribution in [0.15, 0.2) is 42.6 Å². The minimum absolute atomic E-state index is 0.0184. The number of benzene rings is 1. The average molecular weight is 247 g/mol. The fourth-order valence-corrected chi connectivity index (χ4v) is 2.14. The first-order chi connectivity index (χ1) is 8.34. The lowest BCUT2D eigenvalue weighted by Crippen LogP contribution is -2.14. The fourth-order valence-electron chi connectivity index (χ4n) is 1.35. The van der Waals surface area contributed by atoms with Crippen molar-refractivity contribution in [1.82, 2.24) is 10.2 Å². The highest BCUT2D eigenvalue weighted by Crippen LogP contribution is 2.11. The Morgan fingerprint density at radius 2 is 2.12 bits per heavy atom. The van der Waals surface area contributed by atoms with Gasteiger partial charge in [0, 0.05) is 11.8 Å². The summed E-state index contributed by atoms with van der Waals surface area (Å²) in [6.07, 6.45) is 1.60. The number of carbonyl (C=O) groups excluding carboxylic acids is 1. The Labute approximate surface area is 104 Å². The van der Waals surface area contributed by atoms with Gasteiger partial charge in [-0.3, -0.25) is 9.89 Å². The third-order valence-electron chi connectivity index (χ3n) is 2.12. The zero-order chi connectivity index (χ0) is 11.9. The van der Waals surface area contributed by atoms with E-state index in [4.69, 9.17) is 0 Å². The van der Waals surface area contributed by atoms with Gasteiger partial charge in [-0.1, -0.05) is 30.3 Å². The van der Waals surface area contributed by atoms with E-state index in [0.29, 0.717) is 11.6 Å². The lowest BCUT2D eigenvalue weighted by atomic mass is 10.2. The van der Waals surface area contributed by atoms with Gasteiger partial charge in [0.25, 0.3) is 0 Å². The van der Waals surface area contributed by atoms with Gasteiger partial charge in [-0.25, -0.2) is 0 Å². The second kappa shape index (κ2) is 6.10. The van der Waals surface area contributed by atoms with Crippen molar-refractivity contribution in [2.24, 2.45) is 0 Å². The predicted molar refractivity (Wildman–Crippen MR) is 69.8 cm³/mol. The van der Waals surface area contributed by atoms with Gasteiger partial charge in [0.2, 0.25) is 5.91 Å². The monoisotopic (exact) mass is 247 g/mol. The molecule has 0 atom stereocenters. The van der Waals surface area contributed by atoms with Gasteiger partial charge in [-0.05, 0) is 5.56 Å². The highest BCUT2D eigenvalue weighted by atomic mass is 32.2. The van der Waals surface area contributed by atoms with E-state index in [2.05, 4.69) is 27.6 Å². The van der Waals surface area contributed by atoms with E-state index in [0.717, 1.165) is 5.75 Å². The molecule has 5 heteroatoms. The molecule has 1 aromatic heterocycles. The zero-order valence-corrected chi connectivity index (χ0v) is 10.0. The summed E-state index contributed by atoms with van der Waals surface area (Å²) in [5.41, 5.74) is 1.23. The molecule has 2 N–H and O–H groups in total. The Balaban J connectivity index is 1.70. The van der Waals surface area contributed by atoms with Crippen molar-refractivity contribution in [1.29, 1.82) is 0 Å². The first kappa shape index (κ1) is 11.7. The van der Waals surface area contributed by atoms with Gasteiger partial charge < -0.3 is 5.32 Å². The van der Waals surface area contributed by atoms with Crippen molar-refractivity contribution in [3.8, 4) is 0 Å². The molecule has 0 saturated carbocycles. The molecular formula is C12H13N3OS. The molecule has 2 rings (SSSR count). The van der Waals surface area contributed by atoms with Crippen LogP contribution >= 0.6 is 11.8 Å². The lowest BCUT2D eigenvalue weighted by Gasteiger charge is -2.02. The van der Waals surface area contributed by atoms with Crippen LogP contribution in [0.3, 0.4) is 0 Å². The molecule has 0 radical (unpaired) electrons. The SMILES string of the molecule is O=C(CSCc1ccccc1)Nc1ccn[nH]1. The molecule has 0 aliphatic carbocycles. The number of nitrogens with zero attached hydrogens (tertiary/aromatic N) is 1. The third-order valence-corrected chi connectivity index (χ3v) is 3.12. The smallest absolute Gasteiger partial charge is 0.235 e. The van der Waals surface area contributed by atoms with Crippen molar-refractivity contribution >= 4 is 23.5 Å². The summed E-state index contributed by atoms with van der Waals surface area (Å²) in [6.45, 7) is 0. The number of thioether (sulfide) groups is 1. The van der Waals surface area contributed by atoms with Crippen LogP contribution in [0, 0.1) is 0 Å². The van der Waals surface area contributed by atoms with Gasteiger partial charge >= 0.3 is 0 Å². The van der Waals surface area contributed by atoms with E-state index in [1.54, 1.807) is 24.0 Å². The number of hydrogen-bond donors (Lipinski definition) is 2. The van der Waals surface area contributed by atoms with E-state index < -0.39 is 0 Å². The first-order valence-electron chi connectivity index (χ1n) is 5.25. The lowest BCUT2D eigenvalue weighted by molar-refractivity contribution is -0.113. The Bertz CT molecular complexity index is 456. The molecule has 0 aliphatic rings. The molecule has 88 valence electrons. The number of aromatic nitrogens is 2. The fraction of sp³-hybridized carbons (Fsp3) is 0.167. The molecule has 0 spiro atoms. The van der Waals surface area contributed by atoms with Crippen molar-refractivity contribution in [2.45, 2.75) is 5.75 Å². The van der Waals surface area contributed by atoms with E-state index in [-0.39, 0.29) is 5.91 Å². The molecule has 0 bridgehead atoms. The maximum atomic E-state index is 11.5. The topological polar surface area (TPSA) is 57.8 Å². The molecular weight excluding hydrogens is 234 g/mol. The van der Waals surface area contributed by atoms with Crippen molar-refractivity contribution < 1.29 is 4.79 Å². The predicted octanol–water partition coefficient (Wildman–Crippen LogP) is 2.28. The van der Waals surface area contributed by atoms with E-state index >= 15 is 0 Å². The second-order valence-electron chi connectivity index (χ2n) is 3.50.